The highest BCUT2D eigenvalue weighted by Gasteiger charge is 2.11. The molecular weight excluding hydrogens is 312 g/mol. The molecule has 1 heterocycles. The lowest BCUT2D eigenvalue weighted by Crippen LogP contribution is -2.13. The van der Waals surface area contributed by atoms with E-state index in [2.05, 4.69) is 26.3 Å². The van der Waals surface area contributed by atoms with Gasteiger partial charge in [0.05, 0.1) is 11.4 Å². The van der Waals surface area contributed by atoms with E-state index in [4.69, 9.17) is 18.0 Å². The Labute approximate surface area is 119 Å². The zero-order valence-electron chi connectivity index (χ0n) is 10.1. The quantitative estimate of drug-likeness (QED) is 0.852. The summed E-state index contributed by atoms with van der Waals surface area (Å²) in [4.78, 5) is 0.351. The first kappa shape index (κ1) is 13.0. The van der Waals surface area contributed by atoms with Gasteiger partial charge >= 0.3 is 0 Å². The van der Waals surface area contributed by atoms with Crippen molar-refractivity contribution in [3.05, 3.63) is 40.0 Å². The maximum Gasteiger partial charge on any atom is 0.128 e. The average molecular weight is 325 g/mol. The van der Waals surface area contributed by atoms with Crippen molar-refractivity contribution in [2.24, 2.45) is 12.8 Å². The van der Waals surface area contributed by atoms with Crippen molar-refractivity contribution in [1.82, 2.24) is 9.78 Å². The summed E-state index contributed by atoms with van der Waals surface area (Å²) >= 11 is 8.53. The highest BCUT2D eigenvalue weighted by molar-refractivity contribution is 9.10. The molecule has 0 aliphatic carbocycles. The second-order valence-corrected chi connectivity index (χ2v) is 5.24. The minimum Gasteiger partial charge on any atom is -0.389 e. The van der Waals surface area contributed by atoms with Crippen LogP contribution in [0.4, 0.5) is 11.5 Å². The minimum absolute atomic E-state index is 0.351. The monoisotopic (exact) mass is 324 g/mol. The van der Waals surface area contributed by atoms with E-state index in [9.17, 15) is 0 Å². The fourth-order valence-electron chi connectivity index (χ4n) is 1.74. The predicted octanol–water partition coefficient (Wildman–Crippen LogP) is 2.87. The Morgan fingerprint density at radius 3 is 2.78 bits per heavy atom. The number of anilines is 2. The Balaban J connectivity index is 2.43. The van der Waals surface area contributed by atoms with Gasteiger partial charge in [-0.2, -0.15) is 5.10 Å². The fraction of sp³-hybridized carbons (Fsp3) is 0.167. The molecule has 0 spiro atoms. The van der Waals surface area contributed by atoms with Gasteiger partial charge in [0.15, 0.2) is 0 Å². The summed E-state index contributed by atoms with van der Waals surface area (Å²) in [6, 6.07) is 7.73. The Hall–Kier alpha value is -1.40. The number of nitrogens with zero attached hydrogens (tertiary/aromatic N) is 2. The van der Waals surface area contributed by atoms with Crippen LogP contribution < -0.4 is 11.1 Å². The molecule has 0 atom stereocenters. The molecule has 0 radical (unpaired) electrons. The molecule has 6 heteroatoms. The van der Waals surface area contributed by atoms with Crippen LogP contribution in [0, 0.1) is 6.92 Å². The maximum absolute atomic E-state index is 5.75. The number of aromatic nitrogens is 2. The van der Waals surface area contributed by atoms with Crippen molar-refractivity contribution in [2.45, 2.75) is 6.92 Å². The van der Waals surface area contributed by atoms with Gasteiger partial charge in [-0.15, -0.1) is 0 Å². The van der Waals surface area contributed by atoms with Crippen LogP contribution in [0.2, 0.25) is 0 Å². The van der Waals surface area contributed by atoms with Crippen molar-refractivity contribution in [1.29, 1.82) is 0 Å². The number of aryl methyl sites for hydroxylation is 2. The van der Waals surface area contributed by atoms with E-state index in [-0.39, 0.29) is 0 Å². The van der Waals surface area contributed by atoms with Crippen LogP contribution in [-0.4, -0.2) is 14.8 Å². The number of hydrogen-bond donors (Lipinski definition) is 2. The van der Waals surface area contributed by atoms with E-state index in [1.165, 1.54) is 0 Å². The molecule has 0 fully saturated rings. The predicted molar refractivity (Wildman–Crippen MR) is 81.3 cm³/mol. The number of nitrogens with two attached hydrogens (primary N) is 1. The van der Waals surface area contributed by atoms with E-state index in [0.29, 0.717) is 4.99 Å². The maximum atomic E-state index is 5.75. The zero-order chi connectivity index (χ0) is 13.3. The summed E-state index contributed by atoms with van der Waals surface area (Å²) in [5.74, 6) is 0.892. The summed E-state index contributed by atoms with van der Waals surface area (Å²) < 4.78 is 2.65. The highest BCUT2D eigenvalue weighted by Crippen LogP contribution is 2.27. The third kappa shape index (κ3) is 2.54. The standard InChI is InChI=1S/C12H13BrN4S/c1-7-6-10(17(2)16-7)15-9-5-3-4-8(13)11(9)12(14)18/h3-6,15H,1-2H3,(H2,14,18). The average Bonchev–Trinajstić information content (AvgIpc) is 2.57. The first-order valence-corrected chi connectivity index (χ1v) is 6.55. The smallest absolute Gasteiger partial charge is 0.128 e. The molecule has 0 bridgehead atoms. The van der Waals surface area contributed by atoms with Gasteiger partial charge < -0.3 is 11.1 Å². The van der Waals surface area contributed by atoms with Crippen molar-refractivity contribution < 1.29 is 0 Å². The number of nitrogens with one attached hydrogen (secondary N) is 1. The molecule has 3 N–H and O–H groups in total. The van der Waals surface area contributed by atoms with E-state index < -0.39 is 0 Å². The molecule has 0 saturated heterocycles. The van der Waals surface area contributed by atoms with Crippen LogP contribution >= 0.6 is 28.1 Å². The van der Waals surface area contributed by atoms with Gasteiger partial charge in [-0.05, 0) is 35.0 Å². The third-order valence-electron chi connectivity index (χ3n) is 2.52. The van der Waals surface area contributed by atoms with Gasteiger partial charge in [-0.25, -0.2) is 0 Å². The van der Waals surface area contributed by atoms with Gasteiger partial charge in [0.1, 0.15) is 10.8 Å². The van der Waals surface area contributed by atoms with Gasteiger partial charge in [-0.1, -0.05) is 18.3 Å². The Morgan fingerprint density at radius 2 is 2.22 bits per heavy atom. The first-order chi connectivity index (χ1) is 8.49. The van der Waals surface area contributed by atoms with Crippen molar-refractivity contribution in [3.63, 3.8) is 0 Å². The molecule has 0 unspecified atom stereocenters. The van der Waals surface area contributed by atoms with Crippen LogP contribution in [0.1, 0.15) is 11.3 Å². The Kier molecular flexibility index (Phi) is 3.68. The molecule has 1 aromatic carbocycles. The molecule has 2 rings (SSSR count). The summed E-state index contributed by atoms with van der Waals surface area (Å²) in [6.07, 6.45) is 0. The summed E-state index contributed by atoms with van der Waals surface area (Å²) in [6.45, 7) is 1.95. The molecular formula is C12H13BrN4S. The van der Waals surface area contributed by atoms with Crippen molar-refractivity contribution >= 4 is 44.6 Å². The molecule has 0 amide bonds. The SMILES string of the molecule is Cc1cc(Nc2cccc(Br)c2C(N)=S)n(C)n1. The lowest BCUT2D eigenvalue weighted by atomic mass is 10.2. The molecule has 2 aromatic rings. The van der Waals surface area contributed by atoms with Crippen LogP contribution in [0.25, 0.3) is 0 Å². The Morgan fingerprint density at radius 1 is 1.50 bits per heavy atom. The summed E-state index contributed by atoms with van der Waals surface area (Å²) in [5.41, 5.74) is 8.36. The topological polar surface area (TPSA) is 55.9 Å². The van der Waals surface area contributed by atoms with Gasteiger partial charge in [-0.3, -0.25) is 4.68 Å². The highest BCUT2D eigenvalue weighted by atomic mass is 79.9. The van der Waals surface area contributed by atoms with Crippen LogP contribution in [0.5, 0.6) is 0 Å². The number of hydrogen-bond acceptors (Lipinski definition) is 3. The molecule has 1 aromatic heterocycles. The molecule has 0 aliphatic rings. The second-order valence-electron chi connectivity index (χ2n) is 3.95. The zero-order valence-corrected chi connectivity index (χ0v) is 12.5. The number of thiocarbonyl (C=S) groups is 1. The molecule has 18 heavy (non-hydrogen) atoms. The van der Waals surface area contributed by atoms with Gasteiger partial charge in [0.25, 0.3) is 0 Å². The van der Waals surface area contributed by atoms with Gasteiger partial charge in [0.2, 0.25) is 0 Å². The molecule has 0 aliphatic heterocycles. The molecule has 0 saturated carbocycles. The minimum atomic E-state index is 0.351. The van der Waals surface area contributed by atoms with E-state index in [0.717, 1.165) is 27.2 Å². The normalized spacial score (nSPS) is 10.4. The van der Waals surface area contributed by atoms with Crippen molar-refractivity contribution in [2.75, 3.05) is 5.32 Å². The van der Waals surface area contributed by atoms with Crippen LogP contribution in [-0.2, 0) is 7.05 Å². The van der Waals surface area contributed by atoms with Crippen LogP contribution in [0.15, 0.2) is 28.7 Å². The summed E-state index contributed by atoms with van der Waals surface area (Å²) in [5, 5.41) is 7.57. The summed E-state index contributed by atoms with van der Waals surface area (Å²) in [7, 11) is 1.88. The number of rotatable bonds is 3. The molecule has 4 nitrogen and oxygen atoms in total. The number of halogens is 1. The lowest BCUT2D eigenvalue weighted by molar-refractivity contribution is 0.765. The third-order valence-corrected chi connectivity index (χ3v) is 3.39. The van der Waals surface area contributed by atoms with Crippen molar-refractivity contribution in [3.8, 4) is 0 Å². The largest absolute Gasteiger partial charge is 0.389 e. The fourth-order valence-corrected chi connectivity index (χ4v) is 2.68. The second kappa shape index (κ2) is 5.07. The van der Waals surface area contributed by atoms with Crippen LogP contribution in [0.3, 0.4) is 0 Å². The van der Waals surface area contributed by atoms with E-state index in [1.54, 1.807) is 4.68 Å². The van der Waals surface area contributed by atoms with E-state index in [1.807, 2.05) is 38.2 Å². The lowest BCUT2D eigenvalue weighted by Gasteiger charge is -2.12. The molecule has 94 valence electrons. The number of benzene rings is 1. The van der Waals surface area contributed by atoms with E-state index >= 15 is 0 Å². The van der Waals surface area contributed by atoms with Gasteiger partial charge in [0, 0.05) is 23.2 Å². The Bertz CT molecular complexity index is 606. The first-order valence-electron chi connectivity index (χ1n) is 5.35.